The molecule has 0 amide bonds. The lowest BCUT2D eigenvalue weighted by Crippen LogP contribution is -2.20. The van der Waals surface area contributed by atoms with Crippen molar-refractivity contribution in [3.8, 4) is 0 Å². The van der Waals surface area contributed by atoms with Crippen LogP contribution in [0.1, 0.15) is 11.1 Å². The molecule has 2 aromatic rings. The van der Waals surface area contributed by atoms with E-state index in [0.717, 1.165) is 24.2 Å². The highest BCUT2D eigenvalue weighted by molar-refractivity contribution is 5.48. The van der Waals surface area contributed by atoms with E-state index in [9.17, 15) is 4.39 Å². The lowest BCUT2D eigenvalue weighted by atomic mass is 10.1. The van der Waals surface area contributed by atoms with Gasteiger partial charge in [-0.25, -0.2) is 4.39 Å². The number of rotatable bonds is 5. The van der Waals surface area contributed by atoms with Gasteiger partial charge in [0.1, 0.15) is 5.82 Å². The van der Waals surface area contributed by atoms with E-state index in [2.05, 4.69) is 4.98 Å². The van der Waals surface area contributed by atoms with E-state index in [1.165, 1.54) is 17.7 Å². The highest BCUT2D eigenvalue weighted by Gasteiger charge is 2.05. The molecule has 0 aliphatic carbocycles. The Hall–Kier alpha value is -1.94. The van der Waals surface area contributed by atoms with Gasteiger partial charge in [-0.1, -0.05) is 0 Å². The van der Waals surface area contributed by atoms with Crippen LogP contribution >= 0.6 is 0 Å². The molecule has 1 aromatic heterocycles. The van der Waals surface area contributed by atoms with E-state index in [1.54, 1.807) is 12.4 Å². The van der Waals surface area contributed by atoms with Crippen LogP contribution in [0.25, 0.3) is 0 Å². The molecule has 19 heavy (non-hydrogen) atoms. The van der Waals surface area contributed by atoms with Gasteiger partial charge in [-0.3, -0.25) is 4.98 Å². The Balaban J connectivity index is 2.03. The van der Waals surface area contributed by atoms with E-state index in [1.807, 2.05) is 30.1 Å². The van der Waals surface area contributed by atoms with Crippen LogP contribution in [0.5, 0.6) is 0 Å². The summed E-state index contributed by atoms with van der Waals surface area (Å²) >= 11 is 0. The molecule has 0 fully saturated rings. The molecule has 0 bridgehead atoms. The molecule has 2 rings (SSSR count). The minimum atomic E-state index is -0.242. The summed E-state index contributed by atoms with van der Waals surface area (Å²) in [4.78, 5) is 6.02. The summed E-state index contributed by atoms with van der Waals surface area (Å²) in [5.74, 6) is -0.242. The number of aromatic nitrogens is 1. The monoisotopic (exact) mass is 259 g/mol. The Morgan fingerprint density at radius 3 is 2.58 bits per heavy atom. The van der Waals surface area contributed by atoms with Gasteiger partial charge < -0.3 is 10.6 Å². The predicted octanol–water partition coefficient (Wildman–Crippen LogP) is 2.36. The fourth-order valence-corrected chi connectivity index (χ4v) is 1.95. The number of hydrogen-bond acceptors (Lipinski definition) is 3. The van der Waals surface area contributed by atoms with Crippen LogP contribution in [0.3, 0.4) is 0 Å². The van der Waals surface area contributed by atoms with Crippen LogP contribution in [0, 0.1) is 5.82 Å². The Morgan fingerprint density at radius 2 is 1.89 bits per heavy atom. The third-order valence-electron chi connectivity index (χ3n) is 3.10. The Morgan fingerprint density at radius 1 is 1.16 bits per heavy atom. The van der Waals surface area contributed by atoms with Crippen molar-refractivity contribution in [1.82, 2.24) is 4.98 Å². The maximum atomic E-state index is 13.4. The molecule has 2 N–H and O–H groups in total. The molecule has 0 atom stereocenters. The van der Waals surface area contributed by atoms with Crippen LogP contribution < -0.4 is 10.6 Å². The third kappa shape index (κ3) is 3.76. The van der Waals surface area contributed by atoms with E-state index in [-0.39, 0.29) is 5.82 Å². The largest absolute Gasteiger partial charge is 0.374 e. The molecule has 1 aromatic carbocycles. The van der Waals surface area contributed by atoms with Crippen LogP contribution in [0.4, 0.5) is 10.1 Å². The van der Waals surface area contributed by atoms with Crippen molar-refractivity contribution in [2.45, 2.75) is 13.0 Å². The van der Waals surface area contributed by atoms with Crippen molar-refractivity contribution in [2.24, 2.45) is 5.73 Å². The fourth-order valence-electron chi connectivity index (χ4n) is 1.95. The van der Waals surface area contributed by atoms with Crippen molar-refractivity contribution in [3.63, 3.8) is 0 Å². The second-order valence-electron chi connectivity index (χ2n) is 4.55. The first-order chi connectivity index (χ1) is 9.19. The Kier molecular flexibility index (Phi) is 4.47. The summed E-state index contributed by atoms with van der Waals surface area (Å²) in [5, 5.41) is 0. The zero-order chi connectivity index (χ0) is 13.7. The second-order valence-corrected chi connectivity index (χ2v) is 4.55. The first-order valence-electron chi connectivity index (χ1n) is 6.28. The van der Waals surface area contributed by atoms with Crippen molar-refractivity contribution in [2.75, 3.05) is 18.5 Å². The van der Waals surface area contributed by atoms with Crippen LogP contribution in [0.15, 0.2) is 42.7 Å². The van der Waals surface area contributed by atoms with E-state index >= 15 is 0 Å². The highest BCUT2D eigenvalue weighted by atomic mass is 19.1. The number of anilines is 1. The average molecular weight is 259 g/mol. The lowest BCUT2D eigenvalue weighted by molar-refractivity contribution is 0.624. The summed E-state index contributed by atoms with van der Waals surface area (Å²) in [5.41, 5.74) is 8.45. The number of halogens is 1. The zero-order valence-corrected chi connectivity index (χ0v) is 11.0. The highest BCUT2D eigenvalue weighted by Crippen LogP contribution is 2.17. The van der Waals surface area contributed by atoms with Gasteiger partial charge in [0.05, 0.1) is 0 Å². The number of benzene rings is 1. The van der Waals surface area contributed by atoms with Gasteiger partial charge in [0.15, 0.2) is 0 Å². The molecule has 0 aliphatic rings. The van der Waals surface area contributed by atoms with E-state index in [0.29, 0.717) is 6.54 Å². The number of pyridine rings is 1. The normalized spacial score (nSPS) is 10.5. The summed E-state index contributed by atoms with van der Waals surface area (Å²) in [6, 6.07) is 8.91. The van der Waals surface area contributed by atoms with Gasteiger partial charge in [0.2, 0.25) is 0 Å². The summed E-state index contributed by atoms with van der Waals surface area (Å²) in [6.45, 7) is 1.17. The number of nitrogens with two attached hydrogens (primary N) is 1. The van der Waals surface area contributed by atoms with Crippen LogP contribution in [0.2, 0.25) is 0 Å². The molecule has 0 spiro atoms. The van der Waals surface area contributed by atoms with Gasteiger partial charge in [-0.05, 0) is 47.9 Å². The number of likely N-dealkylation sites (N-methyl/N-ethyl adjacent to an activating group) is 1. The molecule has 0 aliphatic heterocycles. The molecule has 4 heteroatoms. The maximum Gasteiger partial charge on any atom is 0.125 e. The topological polar surface area (TPSA) is 42.2 Å². The zero-order valence-electron chi connectivity index (χ0n) is 11.0. The molecule has 100 valence electrons. The average Bonchev–Trinajstić information content (AvgIpc) is 2.45. The van der Waals surface area contributed by atoms with Gasteiger partial charge in [0.25, 0.3) is 0 Å². The summed E-state index contributed by atoms with van der Waals surface area (Å²) in [7, 11) is 1.95. The Bertz CT molecular complexity index is 528. The second kappa shape index (κ2) is 6.29. The molecular formula is C15H18FN3. The fraction of sp³-hybridized carbons (Fsp3) is 0.267. The first kappa shape index (κ1) is 13.5. The molecule has 0 radical (unpaired) electrons. The number of hydrogen-bond donors (Lipinski definition) is 1. The molecule has 1 heterocycles. The van der Waals surface area contributed by atoms with Gasteiger partial charge in [-0.2, -0.15) is 0 Å². The smallest absolute Gasteiger partial charge is 0.125 e. The molecule has 0 saturated heterocycles. The van der Waals surface area contributed by atoms with Gasteiger partial charge in [0, 0.05) is 38.2 Å². The third-order valence-corrected chi connectivity index (χ3v) is 3.10. The summed E-state index contributed by atoms with van der Waals surface area (Å²) in [6.07, 6.45) is 4.46. The van der Waals surface area contributed by atoms with E-state index in [4.69, 9.17) is 5.73 Å². The standard InChI is InChI=1S/C15H18FN3/c1-19(7-4-12-2-5-18-6-3-12)15-9-13(11-17)8-14(16)10-15/h2-3,5-6,8-10H,4,7,11,17H2,1H3. The SMILES string of the molecule is CN(CCc1ccncc1)c1cc(F)cc(CN)c1. The minimum Gasteiger partial charge on any atom is -0.374 e. The van der Waals surface area contributed by atoms with Crippen molar-refractivity contribution < 1.29 is 4.39 Å². The summed E-state index contributed by atoms with van der Waals surface area (Å²) < 4.78 is 13.4. The van der Waals surface area contributed by atoms with E-state index < -0.39 is 0 Å². The van der Waals surface area contributed by atoms with Crippen molar-refractivity contribution >= 4 is 5.69 Å². The van der Waals surface area contributed by atoms with Gasteiger partial charge in [-0.15, -0.1) is 0 Å². The predicted molar refractivity (Wildman–Crippen MR) is 75.5 cm³/mol. The number of nitrogens with zero attached hydrogens (tertiary/aromatic N) is 2. The van der Waals surface area contributed by atoms with Crippen LogP contribution in [-0.4, -0.2) is 18.6 Å². The first-order valence-corrected chi connectivity index (χ1v) is 6.28. The Labute approximate surface area is 112 Å². The molecule has 3 nitrogen and oxygen atoms in total. The van der Waals surface area contributed by atoms with Crippen molar-refractivity contribution in [1.29, 1.82) is 0 Å². The molecule has 0 unspecified atom stereocenters. The molecular weight excluding hydrogens is 241 g/mol. The van der Waals surface area contributed by atoms with Crippen molar-refractivity contribution in [3.05, 3.63) is 59.7 Å². The maximum absolute atomic E-state index is 13.4. The quantitative estimate of drug-likeness (QED) is 0.896. The lowest BCUT2D eigenvalue weighted by Gasteiger charge is -2.20. The molecule has 0 saturated carbocycles. The van der Waals surface area contributed by atoms with Crippen LogP contribution in [-0.2, 0) is 13.0 Å². The minimum absolute atomic E-state index is 0.242. The van der Waals surface area contributed by atoms with Gasteiger partial charge >= 0.3 is 0 Å².